The molecule has 30 heavy (non-hydrogen) atoms. The van der Waals surface area contributed by atoms with Gasteiger partial charge in [0, 0.05) is 19.2 Å². The number of hydrogen-bond acceptors (Lipinski definition) is 5. The van der Waals surface area contributed by atoms with Crippen LogP contribution in [0.3, 0.4) is 0 Å². The van der Waals surface area contributed by atoms with E-state index in [-0.39, 0.29) is 5.91 Å². The predicted octanol–water partition coefficient (Wildman–Crippen LogP) is 2.72. The number of rotatable bonds is 1. The van der Waals surface area contributed by atoms with Gasteiger partial charge in [0.2, 0.25) is 11.6 Å². The Morgan fingerprint density at radius 3 is 2.23 bits per heavy atom. The fourth-order valence-electron chi connectivity index (χ4n) is 2.01. The molecule has 1 aliphatic heterocycles. The predicted molar refractivity (Wildman–Crippen MR) is 98.5 cm³/mol. The Morgan fingerprint density at radius 1 is 1.23 bits per heavy atom. The third-order valence-electron chi connectivity index (χ3n) is 3.02. The first-order chi connectivity index (χ1) is 13.4. The van der Waals surface area contributed by atoms with E-state index in [4.69, 9.17) is 4.84 Å². The van der Waals surface area contributed by atoms with Crippen molar-refractivity contribution in [3.63, 3.8) is 0 Å². The minimum absolute atomic E-state index is 0.204. The zero-order chi connectivity index (χ0) is 23.2. The molecular formula is C14H22F6N7O2P. The quantitative estimate of drug-likeness (QED) is 0.229. The van der Waals surface area contributed by atoms with Crippen LogP contribution in [0.15, 0.2) is 18.3 Å². The zero-order valence-corrected chi connectivity index (χ0v) is 17.5. The summed E-state index contributed by atoms with van der Waals surface area (Å²) in [4.78, 5) is 23.1. The molecule has 172 valence electrons. The molecule has 1 aliphatic rings. The number of carbonyl (C=O) groups is 1. The van der Waals surface area contributed by atoms with E-state index in [0.29, 0.717) is 17.2 Å². The molecule has 2 aromatic heterocycles. The molecule has 0 spiro atoms. The molecule has 0 saturated carbocycles. The van der Waals surface area contributed by atoms with Gasteiger partial charge in [-0.2, -0.15) is 0 Å². The number of nitrogens with one attached hydrogen (secondary N) is 1. The van der Waals surface area contributed by atoms with Crippen LogP contribution in [0.2, 0.25) is 0 Å². The van der Waals surface area contributed by atoms with Crippen molar-refractivity contribution < 1.29 is 39.4 Å². The maximum Gasteiger partial charge on any atom is 0.220 e. The van der Waals surface area contributed by atoms with Gasteiger partial charge in [-0.1, -0.05) is 0 Å². The molecule has 0 unspecified atom stereocenters. The standard InChI is InChI=1S/C10H15N6O.C4H7NO.F6P/c1-14(2)10(15(3)4)17-16-9-8(12-13-16)6-5-7-11-9;6-4-2-1-3-5-4;1-7(2,3,4,5)6/h5-7H,1-4H3;1-3H2,(H,5,6);/q+1;;-1. The summed E-state index contributed by atoms with van der Waals surface area (Å²) in [5.74, 6) is 0.204. The van der Waals surface area contributed by atoms with Gasteiger partial charge in [0.1, 0.15) is 5.52 Å². The van der Waals surface area contributed by atoms with Gasteiger partial charge < -0.3 is 5.32 Å². The maximum atomic E-state index is 10.1. The number of aromatic nitrogens is 4. The fourth-order valence-corrected chi connectivity index (χ4v) is 2.01. The molecule has 3 heterocycles. The molecule has 16 heteroatoms. The van der Waals surface area contributed by atoms with Gasteiger partial charge in [0.05, 0.1) is 28.2 Å². The number of nitrogens with zero attached hydrogens (tertiary/aromatic N) is 6. The van der Waals surface area contributed by atoms with E-state index in [9.17, 15) is 30.0 Å². The van der Waals surface area contributed by atoms with Gasteiger partial charge in [-0.3, -0.25) is 9.63 Å². The van der Waals surface area contributed by atoms with Crippen LogP contribution < -0.4 is 10.2 Å². The van der Waals surface area contributed by atoms with E-state index in [2.05, 4.69) is 20.6 Å². The summed E-state index contributed by atoms with van der Waals surface area (Å²) < 4.78 is 61.0. The van der Waals surface area contributed by atoms with Crippen molar-refractivity contribution in [2.24, 2.45) is 0 Å². The minimum atomic E-state index is -10.7. The molecular weight excluding hydrogens is 443 g/mol. The van der Waals surface area contributed by atoms with Crippen LogP contribution >= 0.6 is 7.81 Å². The Labute approximate surface area is 167 Å². The van der Waals surface area contributed by atoms with Crippen LogP contribution in [0.4, 0.5) is 25.2 Å². The van der Waals surface area contributed by atoms with Crippen LogP contribution in [-0.4, -0.2) is 76.3 Å². The summed E-state index contributed by atoms with van der Waals surface area (Å²) in [5.41, 5.74) is 1.29. The van der Waals surface area contributed by atoms with Gasteiger partial charge in [0.15, 0.2) is 0 Å². The number of fused-ring (bicyclic) bond motifs is 1. The SMILES string of the molecule is CN(C)C(On1nnc2cccnc21)=[N+](C)C.F[P-](F)(F)(F)(F)F.O=C1CCCN1. The summed E-state index contributed by atoms with van der Waals surface area (Å²) in [7, 11) is -3.09. The van der Waals surface area contributed by atoms with Crippen molar-refractivity contribution >= 4 is 30.9 Å². The summed E-state index contributed by atoms with van der Waals surface area (Å²) >= 11 is 0. The molecule has 0 aromatic carbocycles. The average molecular weight is 465 g/mol. The van der Waals surface area contributed by atoms with Crippen molar-refractivity contribution in [2.45, 2.75) is 12.8 Å². The number of amidine groups is 1. The number of amides is 1. The second-order valence-corrected chi connectivity index (χ2v) is 8.30. The third-order valence-corrected chi connectivity index (χ3v) is 3.02. The first-order valence-corrected chi connectivity index (χ1v) is 10.4. The van der Waals surface area contributed by atoms with E-state index in [1.54, 1.807) is 6.20 Å². The fraction of sp³-hybridized carbons (Fsp3) is 0.500. The molecule has 1 amide bonds. The van der Waals surface area contributed by atoms with Gasteiger partial charge >= 0.3 is 39.0 Å². The van der Waals surface area contributed by atoms with Gasteiger partial charge in [0.25, 0.3) is 0 Å². The van der Waals surface area contributed by atoms with Crippen LogP contribution in [0.5, 0.6) is 0 Å². The summed E-state index contributed by atoms with van der Waals surface area (Å²) in [6.45, 7) is 0.888. The summed E-state index contributed by atoms with van der Waals surface area (Å²) in [5, 5.41) is 10.6. The Morgan fingerprint density at radius 2 is 1.83 bits per heavy atom. The van der Waals surface area contributed by atoms with Crippen LogP contribution in [0.25, 0.3) is 11.2 Å². The normalized spacial score (nSPS) is 15.5. The minimum Gasteiger partial charge on any atom is -0.356 e. The average Bonchev–Trinajstić information content (AvgIpc) is 3.18. The van der Waals surface area contributed by atoms with Crippen molar-refractivity contribution in [1.29, 1.82) is 0 Å². The third kappa shape index (κ3) is 11.3. The second-order valence-electron chi connectivity index (χ2n) is 6.38. The monoisotopic (exact) mass is 465 g/mol. The van der Waals surface area contributed by atoms with E-state index >= 15 is 0 Å². The first-order valence-electron chi connectivity index (χ1n) is 8.33. The van der Waals surface area contributed by atoms with E-state index < -0.39 is 7.81 Å². The molecule has 3 rings (SSSR count). The largest absolute Gasteiger partial charge is 0.356 e. The summed E-state index contributed by atoms with van der Waals surface area (Å²) in [6, 6.07) is 4.28. The van der Waals surface area contributed by atoms with E-state index in [1.165, 1.54) is 4.85 Å². The topological polar surface area (TPSA) is 88.2 Å². The number of carbonyl (C=O) groups excluding carboxylic acids is 1. The first kappa shape index (κ1) is 25.3. The van der Waals surface area contributed by atoms with Crippen molar-refractivity contribution in [3.05, 3.63) is 18.3 Å². The van der Waals surface area contributed by atoms with Crippen molar-refractivity contribution in [3.8, 4) is 0 Å². The molecule has 0 atom stereocenters. The number of hydrogen-bond donors (Lipinski definition) is 1. The molecule has 2 aromatic rings. The molecule has 1 saturated heterocycles. The molecule has 9 nitrogen and oxygen atoms in total. The molecule has 0 aliphatic carbocycles. The van der Waals surface area contributed by atoms with E-state index in [1.807, 2.05) is 49.8 Å². The van der Waals surface area contributed by atoms with Crippen LogP contribution in [-0.2, 0) is 4.79 Å². The Bertz CT molecular complexity index is 891. The molecule has 0 bridgehead atoms. The van der Waals surface area contributed by atoms with Crippen LogP contribution in [0, 0.1) is 0 Å². The van der Waals surface area contributed by atoms with Gasteiger partial charge in [-0.25, -0.2) is 14.5 Å². The number of halogens is 6. The smallest absolute Gasteiger partial charge is 0.220 e. The Balaban J connectivity index is 0.000000284. The van der Waals surface area contributed by atoms with E-state index in [0.717, 1.165) is 19.4 Å². The summed E-state index contributed by atoms with van der Waals surface area (Å²) in [6.07, 6.45) is 3.44. The molecule has 0 radical (unpaired) electrons. The number of pyridine rings is 1. The van der Waals surface area contributed by atoms with Gasteiger partial charge in [-0.05, 0) is 28.6 Å². The van der Waals surface area contributed by atoms with Crippen LogP contribution in [0.1, 0.15) is 12.8 Å². The zero-order valence-electron chi connectivity index (χ0n) is 16.6. The van der Waals surface area contributed by atoms with Crippen molar-refractivity contribution in [1.82, 2.24) is 30.4 Å². The Hall–Kier alpha value is -2.70. The van der Waals surface area contributed by atoms with Gasteiger partial charge in [-0.15, -0.1) is 5.10 Å². The Kier molecular flexibility index (Phi) is 7.24. The van der Waals surface area contributed by atoms with Crippen molar-refractivity contribution in [2.75, 3.05) is 34.7 Å². The maximum absolute atomic E-state index is 10.7. The molecule has 1 N–H and O–H groups in total. The molecule has 1 fully saturated rings. The second kappa shape index (κ2) is 8.58.